The number of carbonyl (C=O) groups excluding carboxylic acids is 1. The highest BCUT2D eigenvalue weighted by Crippen LogP contribution is 2.29. The average Bonchev–Trinajstić information content (AvgIpc) is 3.05. The zero-order valence-electron chi connectivity index (χ0n) is 13.3. The van der Waals surface area contributed by atoms with E-state index in [2.05, 4.69) is 20.9 Å². The molecule has 5 nitrogen and oxygen atoms in total. The summed E-state index contributed by atoms with van der Waals surface area (Å²) in [5.74, 6) is 0.0998. The van der Waals surface area contributed by atoms with Gasteiger partial charge in [0.05, 0.1) is 11.7 Å². The molecule has 0 spiro atoms. The van der Waals surface area contributed by atoms with Crippen molar-refractivity contribution in [2.45, 2.75) is 42.1 Å². The molecule has 1 aromatic heterocycles. The van der Waals surface area contributed by atoms with E-state index in [0.29, 0.717) is 5.92 Å². The molecule has 10 heteroatoms. The van der Waals surface area contributed by atoms with Crippen LogP contribution in [0.1, 0.15) is 32.1 Å². The molecule has 3 N–H and O–H groups in total. The van der Waals surface area contributed by atoms with Crippen LogP contribution in [0.4, 0.5) is 5.00 Å². The van der Waals surface area contributed by atoms with Gasteiger partial charge in [-0.05, 0) is 37.1 Å². The molecule has 0 radical (unpaired) electrons. The Morgan fingerprint density at radius 2 is 2.04 bits per heavy atom. The summed E-state index contributed by atoms with van der Waals surface area (Å²) in [6.45, 7) is 0. The van der Waals surface area contributed by atoms with E-state index in [4.69, 9.17) is 47.0 Å². The molecule has 0 bridgehead atoms. The maximum Gasteiger partial charge on any atom is 0.245 e. The second-order valence-corrected chi connectivity index (χ2v) is 9.37. The lowest BCUT2D eigenvalue weighted by Gasteiger charge is -2.27. The third-order valence-corrected chi connectivity index (χ3v) is 5.29. The number of hydrogen-bond donors (Lipinski definition) is 3. The molecule has 1 saturated carbocycles. The van der Waals surface area contributed by atoms with Crippen molar-refractivity contribution < 1.29 is 4.79 Å². The highest BCUT2D eigenvalue weighted by atomic mass is 35.6. The number of halogens is 3. The molecule has 1 aliphatic rings. The van der Waals surface area contributed by atoms with Gasteiger partial charge in [0.15, 0.2) is 5.11 Å². The average molecular weight is 442 g/mol. The summed E-state index contributed by atoms with van der Waals surface area (Å²) in [5, 5.41) is 9.31. The van der Waals surface area contributed by atoms with Gasteiger partial charge in [-0.1, -0.05) is 60.1 Å². The summed E-state index contributed by atoms with van der Waals surface area (Å²) in [7, 11) is 0. The molecule has 0 aromatic carbocycles. The summed E-state index contributed by atoms with van der Waals surface area (Å²) in [5.41, 5.74) is 1.66. The molecule has 138 valence electrons. The number of thiocarbonyl (C=S) groups is 1. The van der Waals surface area contributed by atoms with Crippen molar-refractivity contribution in [3.8, 4) is 0 Å². The minimum Gasteiger partial charge on any atom is -0.339 e. The van der Waals surface area contributed by atoms with E-state index in [9.17, 15) is 4.79 Å². The molecule has 1 amide bonds. The molecular weight excluding hydrogens is 423 g/mol. The number of allylic oxidation sites excluding steroid dienone is 1. The molecule has 25 heavy (non-hydrogen) atoms. The molecular formula is C15H19Cl3N4OS2. The predicted octanol–water partition coefficient (Wildman–Crippen LogP) is 4.38. The first-order valence-electron chi connectivity index (χ1n) is 7.86. The molecule has 0 aliphatic heterocycles. The van der Waals surface area contributed by atoms with Crippen molar-refractivity contribution in [1.29, 1.82) is 0 Å². The van der Waals surface area contributed by atoms with Gasteiger partial charge in [0.1, 0.15) is 11.2 Å². The van der Waals surface area contributed by atoms with Crippen LogP contribution in [-0.2, 0) is 4.79 Å². The lowest BCUT2D eigenvalue weighted by molar-refractivity contribution is -0.117. The second-order valence-electron chi connectivity index (χ2n) is 5.70. The number of hydrogen-bond acceptors (Lipinski definition) is 4. The van der Waals surface area contributed by atoms with Crippen molar-refractivity contribution in [3.63, 3.8) is 0 Å². The number of nitrogens with zero attached hydrogens (tertiary/aromatic N) is 1. The number of alkyl halides is 3. The summed E-state index contributed by atoms with van der Waals surface area (Å²) in [6, 6.07) is 0. The Labute approximate surface area is 171 Å². The number of nitrogens with one attached hydrogen (secondary N) is 3. The van der Waals surface area contributed by atoms with Crippen molar-refractivity contribution in [1.82, 2.24) is 15.6 Å². The molecule has 1 aromatic rings. The Balaban J connectivity index is 1.89. The van der Waals surface area contributed by atoms with Crippen molar-refractivity contribution in [2.24, 2.45) is 5.92 Å². The van der Waals surface area contributed by atoms with Crippen LogP contribution in [0.3, 0.4) is 0 Å². The zero-order chi connectivity index (χ0) is 18.3. The van der Waals surface area contributed by atoms with Crippen molar-refractivity contribution >= 4 is 74.4 Å². The van der Waals surface area contributed by atoms with Gasteiger partial charge in [-0.25, -0.2) is 0 Å². The monoisotopic (exact) mass is 440 g/mol. The molecule has 0 saturated heterocycles. The van der Waals surface area contributed by atoms with E-state index in [1.54, 1.807) is 11.7 Å². The Morgan fingerprint density at radius 3 is 2.64 bits per heavy atom. The fourth-order valence-corrected chi connectivity index (χ4v) is 3.63. The minimum absolute atomic E-state index is 0.220. The molecule has 2 rings (SSSR count). The normalized spacial score (nSPS) is 17.2. The SMILES string of the molecule is O=C(/C=C/C1CCCCC1)NC(NC(=S)Nc1cncs1)C(Cl)(Cl)Cl. The van der Waals surface area contributed by atoms with Crippen LogP contribution in [0.5, 0.6) is 0 Å². The Bertz CT molecular complexity index is 598. The fraction of sp³-hybridized carbons (Fsp3) is 0.533. The summed E-state index contributed by atoms with van der Waals surface area (Å²) < 4.78 is -1.77. The van der Waals surface area contributed by atoms with Gasteiger partial charge >= 0.3 is 0 Å². The first-order chi connectivity index (χ1) is 11.8. The minimum atomic E-state index is -1.77. The number of aromatic nitrogens is 1. The molecule has 1 heterocycles. The Hall–Kier alpha value is -0.600. The first kappa shape index (κ1) is 20.7. The third kappa shape index (κ3) is 7.66. The van der Waals surface area contributed by atoms with Crippen LogP contribution >= 0.6 is 58.4 Å². The maximum absolute atomic E-state index is 12.2. The zero-order valence-corrected chi connectivity index (χ0v) is 17.2. The molecule has 1 unspecified atom stereocenters. The van der Waals surface area contributed by atoms with Gasteiger partial charge in [0, 0.05) is 0 Å². The summed E-state index contributed by atoms with van der Waals surface area (Å²) in [4.78, 5) is 16.1. The quantitative estimate of drug-likeness (QED) is 0.274. The third-order valence-electron chi connectivity index (χ3n) is 3.73. The van der Waals surface area contributed by atoms with Gasteiger partial charge in [-0.2, -0.15) is 0 Å². The van der Waals surface area contributed by atoms with Crippen LogP contribution in [0, 0.1) is 5.92 Å². The number of amides is 1. The molecule has 1 fully saturated rings. The topological polar surface area (TPSA) is 66.1 Å². The van der Waals surface area contributed by atoms with Crippen LogP contribution in [0.2, 0.25) is 0 Å². The van der Waals surface area contributed by atoms with E-state index in [-0.39, 0.29) is 11.0 Å². The summed E-state index contributed by atoms with van der Waals surface area (Å²) >= 11 is 24.4. The van der Waals surface area contributed by atoms with Crippen LogP contribution < -0.4 is 16.0 Å². The van der Waals surface area contributed by atoms with Crippen LogP contribution in [0.15, 0.2) is 23.9 Å². The summed E-state index contributed by atoms with van der Waals surface area (Å²) in [6.07, 6.45) is 9.96. The van der Waals surface area contributed by atoms with E-state index in [1.165, 1.54) is 36.7 Å². The van der Waals surface area contributed by atoms with Crippen molar-refractivity contribution in [2.75, 3.05) is 5.32 Å². The van der Waals surface area contributed by atoms with E-state index >= 15 is 0 Å². The van der Waals surface area contributed by atoms with Gasteiger partial charge in [0.2, 0.25) is 9.70 Å². The first-order valence-corrected chi connectivity index (χ1v) is 10.3. The number of anilines is 1. The Morgan fingerprint density at radius 1 is 1.32 bits per heavy atom. The lowest BCUT2D eigenvalue weighted by atomic mass is 9.89. The maximum atomic E-state index is 12.2. The second kappa shape index (κ2) is 9.92. The highest BCUT2D eigenvalue weighted by molar-refractivity contribution is 7.80. The molecule has 1 atom stereocenters. The number of rotatable bonds is 5. The van der Waals surface area contributed by atoms with Gasteiger partial charge < -0.3 is 16.0 Å². The van der Waals surface area contributed by atoms with Crippen LogP contribution in [-0.4, -0.2) is 26.0 Å². The number of thiazole rings is 1. The van der Waals surface area contributed by atoms with Gasteiger partial charge in [0.25, 0.3) is 0 Å². The molecule has 1 aliphatic carbocycles. The highest BCUT2D eigenvalue weighted by Gasteiger charge is 2.34. The Kier molecular flexibility index (Phi) is 8.22. The number of carbonyl (C=O) groups is 1. The van der Waals surface area contributed by atoms with Crippen molar-refractivity contribution in [3.05, 3.63) is 23.9 Å². The largest absolute Gasteiger partial charge is 0.339 e. The fourth-order valence-electron chi connectivity index (χ4n) is 2.50. The standard InChI is InChI=1S/C15H19Cl3N4OS2/c16-15(17,18)13(22-14(24)21-12-8-19-9-25-12)20-11(23)7-6-10-4-2-1-3-5-10/h6-10,13H,1-5H2,(H,20,23)(H2,21,22,24)/b7-6+. The lowest BCUT2D eigenvalue weighted by Crippen LogP contribution is -2.55. The van der Waals surface area contributed by atoms with Gasteiger partial charge in [-0.15, -0.1) is 11.3 Å². The smallest absolute Gasteiger partial charge is 0.245 e. The predicted molar refractivity (Wildman–Crippen MR) is 109 cm³/mol. The van der Waals surface area contributed by atoms with E-state index in [1.807, 2.05) is 6.08 Å². The van der Waals surface area contributed by atoms with Crippen LogP contribution in [0.25, 0.3) is 0 Å². The van der Waals surface area contributed by atoms with Gasteiger partial charge in [-0.3, -0.25) is 9.78 Å². The van der Waals surface area contributed by atoms with E-state index < -0.39 is 9.96 Å². The van der Waals surface area contributed by atoms with E-state index in [0.717, 1.165) is 17.8 Å².